The van der Waals surface area contributed by atoms with Gasteiger partial charge in [-0.2, -0.15) is 0 Å². The monoisotopic (exact) mass is 207 g/mol. The van der Waals surface area contributed by atoms with E-state index >= 15 is 0 Å². The lowest BCUT2D eigenvalue weighted by atomic mass is 10.4. The van der Waals surface area contributed by atoms with E-state index in [1.54, 1.807) is 6.92 Å². The number of carboxylic acids is 1. The predicted molar refractivity (Wildman–Crippen MR) is 48.8 cm³/mol. The first-order valence-electron chi connectivity index (χ1n) is 3.62. The van der Waals surface area contributed by atoms with Gasteiger partial charge < -0.3 is 5.11 Å². The van der Waals surface area contributed by atoms with E-state index in [1.165, 1.54) is 6.92 Å². The Morgan fingerprint density at radius 2 is 2.08 bits per heavy atom. The molecular formula is C7H13NO4S. The van der Waals surface area contributed by atoms with Gasteiger partial charge in [-0.05, 0) is 13.8 Å². The fourth-order valence-corrected chi connectivity index (χ4v) is 2.06. The van der Waals surface area contributed by atoms with Crippen molar-refractivity contribution in [3.63, 3.8) is 0 Å². The Kier molecular flexibility index (Phi) is 4.09. The molecule has 1 unspecified atom stereocenters. The zero-order valence-corrected chi connectivity index (χ0v) is 8.39. The molecule has 0 aromatic carbocycles. The summed E-state index contributed by atoms with van der Waals surface area (Å²) in [6.45, 7) is 6.25. The standard InChI is InChI=1S/C7H13NO4S/c1-5(2)4-13(11,12)8-6(3)7(9)10/h6,8H,1,4H2,2-3H3,(H,9,10). The van der Waals surface area contributed by atoms with Crippen LogP contribution in [0.15, 0.2) is 12.2 Å². The Morgan fingerprint density at radius 3 is 2.38 bits per heavy atom. The van der Waals surface area contributed by atoms with E-state index in [4.69, 9.17) is 5.11 Å². The van der Waals surface area contributed by atoms with Crippen LogP contribution < -0.4 is 4.72 Å². The zero-order valence-electron chi connectivity index (χ0n) is 7.57. The lowest BCUT2D eigenvalue weighted by Gasteiger charge is -2.09. The third-order valence-electron chi connectivity index (χ3n) is 1.16. The van der Waals surface area contributed by atoms with Crippen molar-refractivity contribution >= 4 is 16.0 Å². The highest BCUT2D eigenvalue weighted by molar-refractivity contribution is 7.89. The van der Waals surface area contributed by atoms with Gasteiger partial charge in [0.2, 0.25) is 10.0 Å². The number of sulfonamides is 1. The lowest BCUT2D eigenvalue weighted by molar-refractivity contribution is -0.138. The first-order chi connectivity index (χ1) is 5.74. The van der Waals surface area contributed by atoms with E-state index in [9.17, 15) is 13.2 Å². The molecule has 0 amide bonds. The van der Waals surface area contributed by atoms with Crippen LogP contribution in [0.25, 0.3) is 0 Å². The van der Waals surface area contributed by atoms with Crippen LogP contribution in [0.5, 0.6) is 0 Å². The average molecular weight is 207 g/mol. The third kappa shape index (κ3) is 5.37. The van der Waals surface area contributed by atoms with Crippen molar-refractivity contribution in [3.05, 3.63) is 12.2 Å². The molecule has 0 aliphatic rings. The Morgan fingerprint density at radius 1 is 1.62 bits per heavy atom. The maximum absolute atomic E-state index is 11.1. The molecule has 1 atom stereocenters. The van der Waals surface area contributed by atoms with Crippen LogP contribution in [0, 0.1) is 0 Å². The summed E-state index contributed by atoms with van der Waals surface area (Å²) in [4.78, 5) is 10.3. The molecule has 0 aromatic rings. The topological polar surface area (TPSA) is 83.5 Å². The Hall–Kier alpha value is -0.880. The summed E-state index contributed by atoms with van der Waals surface area (Å²) in [6, 6.07) is -1.11. The van der Waals surface area contributed by atoms with Gasteiger partial charge in [0.1, 0.15) is 6.04 Å². The maximum atomic E-state index is 11.1. The fourth-order valence-electron chi connectivity index (χ4n) is 0.686. The van der Waals surface area contributed by atoms with E-state index in [0.717, 1.165) is 0 Å². The Labute approximate surface area is 77.5 Å². The summed E-state index contributed by atoms with van der Waals surface area (Å²) in [5, 5.41) is 8.43. The second-order valence-electron chi connectivity index (χ2n) is 2.89. The minimum absolute atomic E-state index is 0.245. The summed E-state index contributed by atoms with van der Waals surface area (Å²) in [5.74, 6) is -1.45. The number of hydrogen-bond donors (Lipinski definition) is 2. The van der Waals surface area contributed by atoms with Crippen LogP contribution in [-0.2, 0) is 14.8 Å². The molecule has 0 spiro atoms. The molecular weight excluding hydrogens is 194 g/mol. The number of nitrogens with one attached hydrogen (secondary N) is 1. The van der Waals surface area contributed by atoms with Crippen LogP contribution in [0.4, 0.5) is 0 Å². The SMILES string of the molecule is C=C(C)CS(=O)(=O)NC(C)C(=O)O. The smallest absolute Gasteiger partial charge is 0.321 e. The minimum Gasteiger partial charge on any atom is -0.480 e. The molecule has 0 bridgehead atoms. The molecule has 0 heterocycles. The van der Waals surface area contributed by atoms with Gasteiger partial charge in [0.15, 0.2) is 0 Å². The van der Waals surface area contributed by atoms with Gasteiger partial charge in [-0.1, -0.05) is 12.2 Å². The number of carboxylic acid groups (broad SMARTS) is 1. The predicted octanol–water partition coefficient (Wildman–Crippen LogP) is -0.0450. The number of carbonyl (C=O) groups is 1. The van der Waals surface area contributed by atoms with E-state index in [2.05, 4.69) is 6.58 Å². The van der Waals surface area contributed by atoms with Crippen LogP contribution in [0.2, 0.25) is 0 Å². The van der Waals surface area contributed by atoms with Crippen molar-refractivity contribution in [1.82, 2.24) is 4.72 Å². The van der Waals surface area contributed by atoms with Crippen molar-refractivity contribution in [3.8, 4) is 0 Å². The van der Waals surface area contributed by atoms with Gasteiger partial charge in [-0.3, -0.25) is 4.79 Å². The van der Waals surface area contributed by atoms with Gasteiger partial charge in [0.05, 0.1) is 5.75 Å². The van der Waals surface area contributed by atoms with E-state index in [0.29, 0.717) is 5.57 Å². The van der Waals surface area contributed by atoms with Crippen molar-refractivity contribution in [2.24, 2.45) is 0 Å². The molecule has 0 radical (unpaired) electrons. The highest BCUT2D eigenvalue weighted by atomic mass is 32.2. The molecule has 0 aromatic heterocycles. The van der Waals surface area contributed by atoms with Gasteiger partial charge in [0.25, 0.3) is 0 Å². The molecule has 0 aliphatic carbocycles. The molecule has 0 saturated heterocycles. The second kappa shape index (κ2) is 4.38. The first-order valence-corrected chi connectivity index (χ1v) is 5.27. The van der Waals surface area contributed by atoms with Gasteiger partial charge in [-0.25, -0.2) is 13.1 Å². The first kappa shape index (κ1) is 12.1. The van der Waals surface area contributed by atoms with Gasteiger partial charge >= 0.3 is 5.97 Å². The summed E-state index contributed by atoms with van der Waals surface area (Å²) in [5.41, 5.74) is 0.463. The minimum atomic E-state index is -3.56. The molecule has 0 rings (SSSR count). The molecule has 0 aliphatic heterocycles. The number of hydrogen-bond acceptors (Lipinski definition) is 3. The number of rotatable bonds is 5. The van der Waals surface area contributed by atoms with Crippen molar-refractivity contribution in [2.75, 3.05) is 5.75 Å². The molecule has 0 saturated carbocycles. The summed E-state index contributed by atoms with van der Waals surface area (Å²) in [6.07, 6.45) is 0. The summed E-state index contributed by atoms with van der Waals surface area (Å²) >= 11 is 0. The van der Waals surface area contributed by atoms with Crippen LogP contribution in [0.1, 0.15) is 13.8 Å². The van der Waals surface area contributed by atoms with E-state index < -0.39 is 22.0 Å². The van der Waals surface area contributed by atoms with Gasteiger partial charge in [-0.15, -0.1) is 0 Å². The normalized spacial score (nSPS) is 13.7. The summed E-state index contributed by atoms with van der Waals surface area (Å²) in [7, 11) is -3.56. The Bertz CT molecular complexity index is 306. The molecule has 6 heteroatoms. The average Bonchev–Trinajstić information content (AvgIpc) is 1.81. The molecule has 2 N–H and O–H groups in total. The van der Waals surface area contributed by atoms with Crippen LogP contribution in [0.3, 0.4) is 0 Å². The Balaban J connectivity index is 4.35. The highest BCUT2D eigenvalue weighted by Gasteiger charge is 2.18. The largest absolute Gasteiger partial charge is 0.480 e. The summed E-state index contributed by atoms with van der Waals surface area (Å²) < 4.78 is 24.2. The molecule has 76 valence electrons. The van der Waals surface area contributed by atoms with Gasteiger partial charge in [0, 0.05) is 0 Å². The van der Waals surface area contributed by atoms with Crippen molar-refractivity contribution in [2.45, 2.75) is 19.9 Å². The van der Waals surface area contributed by atoms with E-state index in [1.807, 2.05) is 4.72 Å². The van der Waals surface area contributed by atoms with Crippen molar-refractivity contribution in [1.29, 1.82) is 0 Å². The molecule has 5 nitrogen and oxygen atoms in total. The molecule has 13 heavy (non-hydrogen) atoms. The lowest BCUT2D eigenvalue weighted by Crippen LogP contribution is -2.39. The molecule has 0 fully saturated rings. The quantitative estimate of drug-likeness (QED) is 0.619. The number of aliphatic carboxylic acids is 1. The second-order valence-corrected chi connectivity index (χ2v) is 4.65. The van der Waals surface area contributed by atoms with E-state index in [-0.39, 0.29) is 5.75 Å². The van der Waals surface area contributed by atoms with Crippen LogP contribution >= 0.6 is 0 Å². The highest BCUT2D eigenvalue weighted by Crippen LogP contribution is 1.96. The van der Waals surface area contributed by atoms with Crippen molar-refractivity contribution < 1.29 is 18.3 Å². The van der Waals surface area contributed by atoms with Crippen LogP contribution in [-0.4, -0.2) is 31.3 Å². The zero-order chi connectivity index (χ0) is 10.6. The maximum Gasteiger partial charge on any atom is 0.321 e. The fraction of sp³-hybridized carbons (Fsp3) is 0.571. The third-order valence-corrected chi connectivity index (χ3v) is 2.75.